The number of carbonyl (C=O) groups is 4. The van der Waals surface area contributed by atoms with Crippen molar-refractivity contribution in [2.45, 2.75) is 69.3 Å². The van der Waals surface area contributed by atoms with Gasteiger partial charge in [-0.25, -0.2) is 9.78 Å². The number of hydrogen-bond acceptors (Lipinski definition) is 9. The number of imidazole rings is 1. The maximum absolute atomic E-state index is 13.1. The van der Waals surface area contributed by atoms with Crippen LogP contribution in [0.2, 0.25) is 0 Å². The summed E-state index contributed by atoms with van der Waals surface area (Å²) in [4.78, 5) is 56.6. The molecule has 5 atom stereocenters. The lowest BCUT2D eigenvalue weighted by Gasteiger charge is -2.25. The zero-order valence-corrected chi connectivity index (χ0v) is 20.8. The van der Waals surface area contributed by atoms with Gasteiger partial charge in [-0.1, -0.05) is 0 Å². The number of nitrogens with one attached hydrogen (secondary N) is 4. The molecule has 0 saturated heterocycles. The zero-order valence-electron chi connectivity index (χ0n) is 20.0. The standard InChI is InChI=1S/C21H37N7O6S/c1-12(29)17(21(33)34)28-20(32)15(5-3-4-7-22)27-19(31)16(6-8-35-2)26-18(30)14(23)9-13-10-24-11-25-13/h10-12,14-17,29H,3-9,22-23H2,1-2H3,(H,24,25)(H,26,30)(H,27,31)(H,28,32)(H,33,34). The molecule has 10 N–H and O–H groups in total. The highest BCUT2D eigenvalue weighted by Crippen LogP contribution is 2.07. The van der Waals surface area contributed by atoms with Crippen LogP contribution in [0.3, 0.4) is 0 Å². The van der Waals surface area contributed by atoms with Gasteiger partial charge in [-0.15, -0.1) is 0 Å². The predicted octanol–water partition coefficient (Wildman–Crippen LogP) is -1.92. The lowest BCUT2D eigenvalue weighted by Crippen LogP contribution is -2.58. The van der Waals surface area contributed by atoms with E-state index in [1.54, 1.807) is 6.20 Å². The Balaban J connectivity index is 2.92. The molecule has 1 heterocycles. The molecule has 1 rings (SSSR count). The summed E-state index contributed by atoms with van der Waals surface area (Å²) in [6, 6.07) is -4.50. The van der Waals surface area contributed by atoms with Gasteiger partial charge in [0.15, 0.2) is 6.04 Å². The van der Waals surface area contributed by atoms with Crippen molar-refractivity contribution in [3.05, 3.63) is 18.2 Å². The molecule has 0 saturated carbocycles. The number of nitrogens with two attached hydrogens (primary N) is 2. The Morgan fingerprint density at radius 3 is 2.26 bits per heavy atom. The first-order chi connectivity index (χ1) is 16.6. The number of carboxylic acid groups (broad SMARTS) is 1. The quantitative estimate of drug-likeness (QED) is 0.107. The van der Waals surface area contributed by atoms with Gasteiger partial charge in [0.2, 0.25) is 17.7 Å². The summed E-state index contributed by atoms with van der Waals surface area (Å²) in [5.41, 5.74) is 12.2. The lowest BCUT2D eigenvalue weighted by molar-refractivity contribution is -0.145. The van der Waals surface area contributed by atoms with Crippen molar-refractivity contribution in [3.63, 3.8) is 0 Å². The average molecular weight is 516 g/mol. The summed E-state index contributed by atoms with van der Waals surface area (Å²) in [7, 11) is 0. The largest absolute Gasteiger partial charge is 0.480 e. The number of aromatic amines is 1. The van der Waals surface area contributed by atoms with Gasteiger partial charge in [0.1, 0.15) is 12.1 Å². The number of H-pyrrole nitrogens is 1. The number of carboxylic acids is 1. The highest BCUT2D eigenvalue weighted by atomic mass is 32.2. The van der Waals surface area contributed by atoms with E-state index in [9.17, 15) is 29.4 Å². The molecule has 5 unspecified atom stereocenters. The van der Waals surface area contributed by atoms with Crippen LogP contribution in [0.25, 0.3) is 0 Å². The van der Waals surface area contributed by atoms with Crippen molar-refractivity contribution in [1.29, 1.82) is 0 Å². The van der Waals surface area contributed by atoms with Gasteiger partial charge < -0.3 is 42.6 Å². The van der Waals surface area contributed by atoms with Gasteiger partial charge in [-0.3, -0.25) is 14.4 Å². The minimum absolute atomic E-state index is 0.197. The first-order valence-electron chi connectivity index (χ1n) is 11.3. The van der Waals surface area contributed by atoms with Crippen LogP contribution < -0.4 is 27.4 Å². The first kappa shape index (κ1) is 30.4. The highest BCUT2D eigenvalue weighted by Gasteiger charge is 2.31. The number of nitrogens with zero attached hydrogens (tertiary/aromatic N) is 1. The van der Waals surface area contributed by atoms with Gasteiger partial charge in [0.05, 0.1) is 18.5 Å². The van der Waals surface area contributed by atoms with Crippen LogP contribution in [0, 0.1) is 0 Å². The number of amides is 3. The number of carbonyl (C=O) groups excluding carboxylic acids is 3. The normalized spacial score (nSPS) is 15.3. The van der Waals surface area contributed by atoms with E-state index in [1.807, 2.05) is 6.26 Å². The smallest absolute Gasteiger partial charge is 0.328 e. The van der Waals surface area contributed by atoms with Crippen molar-refractivity contribution in [3.8, 4) is 0 Å². The summed E-state index contributed by atoms with van der Waals surface area (Å²) in [5.74, 6) is -2.74. The second-order valence-corrected chi connectivity index (χ2v) is 9.13. The summed E-state index contributed by atoms with van der Waals surface area (Å²) in [5, 5.41) is 26.4. The molecule has 0 aliphatic carbocycles. The Kier molecular flexibility index (Phi) is 13.9. The molecular formula is C21H37N7O6S. The maximum Gasteiger partial charge on any atom is 0.328 e. The molecule has 13 nitrogen and oxygen atoms in total. The molecule has 0 fully saturated rings. The molecule has 35 heavy (non-hydrogen) atoms. The van der Waals surface area contributed by atoms with Crippen LogP contribution in [0.15, 0.2) is 12.5 Å². The average Bonchev–Trinajstić information content (AvgIpc) is 3.31. The number of hydrogen-bond donors (Lipinski definition) is 8. The maximum atomic E-state index is 13.1. The molecule has 198 valence electrons. The molecule has 1 aromatic heterocycles. The van der Waals surface area contributed by atoms with Gasteiger partial charge >= 0.3 is 5.97 Å². The van der Waals surface area contributed by atoms with Crippen LogP contribution in [0.4, 0.5) is 0 Å². The van der Waals surface area contributed by atoms with E-state index in [0.717, 1.165) is 0 Å². The number of aliphatic hydroxyl groups is 1. The summed E-state index contributed by atoms with van der Waals surface area (Å²) >= 11 is 1.48. The SMILES string of the molecule is CSCCC(NC(=O)C(N)Cc1cnc[nH]1)C(=O)NC(CCCCN)C(=O)NC(C(=O)O)C(C)O. The molecule has 0 aliphatic rings. The highest BCUT2D eigenvalue weighted by molar-refractivity contribution is 7.98. The van der Waals surface area contributed by atoms with Crippen molar-refractivity contribution >= 4 is 35.5 Å². The number of aliphatic hydroxyl groups excluding tert-OH is 1. The summed E-state index contributed by atoms with van der Waals surface area (Å²) in [6.45, 7) is 1.62. The Morgan fingerprint density at radius 1 is 1.09 bits per heavy atom. The van der Waals surface area contributed by atoms with Crippen molar-refractivity contribution < 1.29 is 29.4 Å². The van der Waals surface area contributed by atoms with Crippen LogP contribution in [0.1, 0.15) is 38.3 Å². The second-order valence-electron chi connectivity index (χ2n) is 8.14. The third kappa shape index (κ3) is 11.1. The van der Waals surface area contributed by atoms with Crippen molar-refractivity contribution in [1.82, 2.24) is 25.9 Å². The molecule has 0 bridgehead atoms. The van der Waals surface area contributed by atoms with E-state index in [1.165, 1.54) is 25.0 Å². The van der Waals surface area contributed by atoms with Gasteiger partial charge in [0.25, 0.3) is 0 Å². The first-order valence-corrected chi connectivity index (χ1v) is 12.7. The van der Waals surface area contributed by atoms with Gasteiger partial charge in [-0.2, -0.15) is 11.8 Å². The van der Waals surface area contributed by atoms with E-state index in [4.69, 9.17) is 11.5 Å². The monoisotopic (exact) mass is 515 g/mol. The Bertz CT molecular complexity index is 808. The minimum atomic E-state index is -1.54. The third-order valence-electron chi connectivity index (χ3n) is 5.20. The van der Waals surface area contributed by atoms with E-state index in [2.05, 4.69) is 25.9 Å². The number of thioether (sulfide) groups is 1. The predicted molar refractivity (Wildman–Crippen MR) is 131 cm³/mol. The van der Waals surface area contributed by atoms with Crippen molar-refractivity contribution in [2.75, 3.05) is 18.6 Å². The summed E-state index contributed by atoms with van der Waals surface area (Å²) in [6.07, 6.45) is 5.30. The Labute approximate surface area is 208 Å². The number of aromatic nitrogens is 2. The van der Waals surface area contributed by atoms with E-state index in [0.29, 0.717) is 30.8 Å². The lowest BCUT2D eigenvalue weighted by atomic mass is 10.1. The molecule has 1 aromatic rings. The molecule has 0 aromatic carbocycles. The zero-order chi connectivity index (χ0) is 26.4. The number of aliphatic carboxylic acids is 1. The van der Waals surface area contributed by atoms with E-state index in [-0.39, 0.29) is 19.3 Å². The third-order valence-corrected chi connectivity index (χ3v) is 5.85. The Morgan fingerprint density at radius 2 is 1.71 bits per heavy atom. The molecule has 0 aliphatic heterocycles. The summed E-state index contributed by atoms with van der Waals surface area (Å²) < 4.78 is 0. The van der Waals surface area contributed by atoms with Crippen LogP contribution in [-0.4, -0.2) is 92.7 Å². The van der Waals surface area contributed by atoms with Crippen LogP contribution in [0.5, 0.6) is 0 Å². The van der Waals surface area contributed by atoms with Crippen LogP contribution >= 0.6 is 11.8 Å². The molecule has 3 amide bonds. The van der Waals surface area contributed by atoms with E-state index < -0.39 is 54.0 Å². The second kappa shape index (κ2) is 16.1. The number of rotatable bonds is 17. The van der Waals surface area contributed by atoms with Gasteiger partial charge in [-0.05, 0) is 51.2 Å². The number of unbranched alkanes of at least 4 members (excludes halogenated alkanes) is 1. The van der Waals surface area contributed by atoms with E-state index >= 15 is 0 Å². The fourth-order valence-electron chi connectivity index (χ4n) is 3.19. The van der Waals surface area contributed by atoms with Crippen molar-refractivity contribution in [2.24, 2.45) is 11.5 Å². The molecule has 0 radical (unpaired) electrons. The molecule has 0 spiro atoms. The fraction of sp³-hybridized carbons (Fsp3) is 0.667. The fourth-order valence-corrected chi connectivity index (χ4v) is 3.66. The Hall–Kier alpha value is -2.68. The molecular weight excluding hydrogens is 478 g/mol. The van der Waals surface area contributed by atoms with Crippen LogP contribution in [-0.2, 0) is 25.6 Å². The molecule has 14 heteroatoms. The minimum Gasteiger partial charge on any atom is -0.480 e. The van der Waals surface area contributed by atoms with Gasteiger partial charge in [0, 0.05) is 18.3 Å². The topological polar surface area (TPSA) is 226 Å².